The summed E-state index contributed by atoms with van der Waals surface area (Å²) < 4.78 is 2.16. The molecule has 19 heavy (non-hydrogen) atoms. The predicted octanol–water partition coefficient (Wildman–Crippen LogP) is 3.65. The molecule has 1 aromatic heterocycles. The molecule has 3 rings (SSSR count). The van der Waals surface area contributed by atoms with Crippen molar-refractivity contribution in [1.82, 2.24) is 9.55 Å². The molecule has 2 nitrogen and oxygen atoms in total. The first-order chi connectivity index (χ1) is 9.24. The summed E-state index contributed by atoms with van der Waals surface area (Å²) in [6.45, 7) is 0. The lowest BCUT2D eigenvalue weighted by Gasteiger charge is -2.03. The highest BCUT2D eigenvalue weighted by Crippen LogP contribution is 2.19. The molecule has 0 aliphatic rings. The molecule has 0 spiro atoms. The lowest BCUT2D eigenvalue weighted by Crippen LogP contribution is -2.00. The molecule has 0 aliphatic heterocycles. The minimum atomic E-state index is 0.955. The molecule has 0 N–H and O–H groups in total. The van der Waals surface area contributed by atoms with Gasteiger partial charge in [-0.2, -0.15) is 0 Å². The highest BCUT2D eigenvalue weighted by molar-refractivity contribution is 7.80. The van der Waals surface area contributed by atoms with E-state index in [1.807, 2.05) is 18.2 Å². The summed E-state index contributed by atoms with van der Waals surface area (Å²) >= 11 is 4.39. The van der Waals surface area contributed by atoms with Crippen LogP contribution in [0, 0.1) is 0 Å². The molecule has 2 aromatic carbocycles. The van der Waals surface area contributed by atoms with Gasteiger partial charge in [-0.3, -0.25) is 0 Å². The van der Waals surface area contributed by atoms with Gasteiger partial charge in [-0.25, -0.2) is 4.98 Å². The van der Waals surface area contributed by atoms with Crippen molar-refractivity contribution in [1.29, 1.82) is 0 Å². The molecule has 0 amide bonds. The fourth-order valence-corrected chi connectivity index (χ4v) is 2.55. The number of rotatable bonds is 3. The van der Waals surface area contributed by atoms with Gasteiger partial charge in [0.05, 0.1) is 11.0 Å². The summed E-state index contributed by atoms with van der Waals surface area (Å²) in [5, 5.41) is 0. The first-order valence-corrected chi connectivity index (χ1v) is 6.87. The van der Waals surface area contributed by atoms with E-state index in [4.69, 9.17) is 4.98 Å². The van der Waals surface area contributed by atoms with Crippen molar-refractivity contribution in [3.63, 3.8) is 0 Å². The lowest BCUT2D eigenvalue weighted by molar-refractivity contribution is 0.786. The summed E-state index contributed by atoms with van der Waals surface area (Å²) in [7, 11) is 2.07. The maximum Gasteiger partial charge on any atom is 0.109 e. The molecule has 0 saturated heterocycles. The standard InChI is InChI=1S/C16H16N2S/c1-18-15-11-13(19)8-9-14(15)17-16(18)10-7-12-5-3-2-4-6-12/h2-6,8-9,11,19H,7,10H2,1H3. The molecule has 0 saturated carbocycles. The number of hydrogen-bond donors (Lipinski definition) is 1. The van der Waals surface area contributed by atoms with Crippen LogP contribution in [0.2, 0.25) is 0 Å². The summed E-state index contributed by atoms with van der Waals surface area (Å²) in [5.74, 6) is 1.12. The molecule has 0 unspecified atom stereocenters. The number of fused-ring (bicyclic) bond motifs is 1. The van der Waals surface area contributed by atoms with Gasteiger partial charge in [-0.05, 0) is 30.2 Å². The van der Waals surface area contributed by atoms with E-state index in [1.165, 1.54) is 5.56 Å². The van der Waals surface area contributed by atoms with Gasteiger partial charge in [0.15, 0.2) is 0 Å². The van der Waals surface area contributed by atoms with Crippen LogP contribution in [0.4, 0.5) is 0 Å². The van der Waals surface area contributed by atoms with Crippen molar-refractivity contribution >= 4 is 23.7 Å². The van der Waals surface area contributed by atoms with Crippen molar-refractivity contribution in [3.05, 3.63) is 59.9 Å². The quantitative estimate of drug-likeness (QED) is 0.718. The van der Waals surface area contributed by atoms with E-state index >= 15 is 0 Å². The van der Waals surface area contributed by atoms with Gasteiger partial charge in [-0.15, -0.1) is 12.6 Å². The average Bonchev–Trinajstić information content (AvgIpc) is 2.74. The fraction of sp³-hybridized carbons (Fsp3) is 0.188. The Hall–Kier alpha value is -1.74. The largest absolute Gasteiger partial charge is 0.331 e. The van der Waals surface area contributed by atoms with Gasteiger partial charge in [0.2, 0.25) is 0 Å². The second-order valence-electron chi connectivity index (χ2n) is 4.75. The molecule has 3 aromatic rings. The highest BCUT2D eigenvalue weighted by atomic mass is 32.1. The van der Waals surface area contributed by atoms with Crippen LogP contribution in [0.5, 0.6) is 0 Å². The van der Waals surface area contributed by atoms with E-state index in [9.17, 15) is 0 Å². The number of hydrogen-bond acceptors (Lipinski definition) is 2. The molecule has 96 valence electrons. The molecule has 0 atom stereocenters. The van der Waals surface area contributed by atoms with Gasteiger partial charge < -0.3 is 4.57 Å². The predicted molar refractivity (Wildman–Crippen MR) is 81.8 cm³/mol. The molecular weight excluding hydrogens is 252 g/mol. The zero-order chi connectivity index (χ0) is 13.2. The Labute approximate surface area is 118 Å². The molecule has 0 bridgehead atoms. The fourth-order valence-electron chi connectivity index (χ4n) is 2.35. The Morgan fingerprint density at radius 3 is 2.63 bits per heavy atom. The first-order valence-electron chi connectivity index (χ1n) is 6.42. The molecule has 0 radical (unpaired) electrons. The smallest absolute Gasteiger partial charge is 0.109 e. The highest BCUT2D eigenvalue weighted by Gasteiger charge is 2.07. The molecule has 0 aliphatic carbocycles. The summed E-state index contributed by atoms with van der Waals surface area (Å²) in [6.07, 6.45) is 1.98. The molecule has 1 heterocycles. The lowest BCUT2D eigenvalue weighted by atomic mass is 10.1. The van der Waals surface area contributed by atoms with Gasteiger partial charge in [0, 0.05) is 18.4 Å². The summed E-state index contributed by atoms with van der Waals surface area (Å²) in [4.78, 5) is 5.67. The Morgan fingerprint density at radius 1 is 1.05 bits per heavy atom. The Balaban J connectivity index is 1.87. The van der Waals surface area contributed by atoms with Gasteiger partial charge in [0.25, 0.3) is 0 Å². The van der Waals surface area contributed by atoms with E-state index in [-0.39, 0.29) is 0 Å². The van der Waals surface area contributed by atoms with Crippen LogP contribution in [0.1, 0.15) is 11.4 Å². The second kappa shape index (κ2) is 5.10. The van der Waals surface area contributed by atoms with Crippen molar-refractivity contribution in [2.45, 2.75) is 17.7 Å². The third kappa shape index (κ3) is 2.51. The number of aromatic nitrogens is 2. The second-order valence-corrected chi connectivity index (χ2v) is 5.26. The van der Waals surface area contributed by atoms with Crippen LogP contribution in [0.25, 0.3) is 11.0 Å². The van der Waals surface area contributed by atoms with Crippen molar-refractivity contribution in [2.75, 3.05) is 0 Å². The molecular formula is C16H16N2S. The number of benzene rings is 2. The number of aryl methyl sites for hydroxylation is 3. The van der Waals surface area contributed by atoms with Crippen LogP contribution in [-0.2, 0) is 19.9 Å². The maximum absolute atomic E-state index is 4.70. The Bertz CT molecular complexity index is 701. The normalized spacial score (nSPS) is 11.1. The van der Waals surface area contributed by atoms with Crippen LogP contribution in [0.15, 0.2) is 53.4 Å². The third-order valence-corrected chi connectivity index (χ3v) is 3.72. The van der Waals surface area contributed by atoms with Crippen LogP contribution in [0.3, 0.4) is 0 Å². The van der Waals surface area contributed by atoms with Gasteiger partial charge in [0.1, 0.15) is 5.82 Å². The van der Waals surface area contributed by atoms with E-state index in [2.05, 4.69) is 54.6 Å². The molecule has 0 fully saturated rings. The summed E-state index contributed by atoms with van der Waals surface area (Å²) in [6, 6.07) is 16.6. The number of imidazole rings is 1. The minimum Gasteiger partial charge on any atom is -0.331 e. The SMILES string of the molecule is Cn1c(CCc2ccccc2)nc2ccc(S)cc21. The number of nitrogens with zero attached hydrogens (tertiary/aromatic N) is 2. The van der Waals surface area contributed by atoms with Crippen LogP contribution >= 0.6 is 12.6 Å². The molecule has 3 heteroatoms. The van der Waals surface area contributed by atoms with Gasteiger partial charge in [-0.1, -0.05) is 30.3 Å². The van der Waals surface area contributed by atoms with E-state index < -0.39 is 0 Å². The third-order valence-electron chi connectivity index (χ3n) is 3.44. The summed E-state index contributed by atoms with van der Waals surface area (Å²) in [5.41, 5.74) is 3.54. The van der Waals surface area contributed by atoms with E-state index in [1.54, 1.807) is 0 Å². The Morgan fingerprint density at radius 2 is 1.84 bits per heavy atom. The average molecular weight is 268 g/mol. The van der Waals surface area contributed by atoms with E-state index in [0.29, 0.717) is 0 Å². The van der Waals surface area contributed by atoms with E-state index in [0.717, 1.165) is 34.6 Å². The maximum atomic E-state index is 4.70. The first kappa shape index (κ1) is 12.3. The topological polar surface area (TPSA) is 17.8 Å². The minimum absolute atomic E-state index is 0.955. The van der Waals surface area contributed by atoms with Crippen LogP contribution < -0.4 is 0 Å². The van der Waals surface area contributed by atoms with Gasteiger partial charge >= 0.3 is 0 Å². The van der Waals surface area contributed by atoms with Crippen molar-refractivity contribution in [3.8, 4) is 0 Å². The van der Waals surface area contributed by atoms with Crippen LogP contribution in [-0.4, -0.2) is 9.55 Å². The zero-order valence-corrected chi connectivity index (χ0v) is 11.8. The monoisotopic (exact) mass is 268 g/mol. The van der Waals surface area contributed by atoms with Crippen molar-refractivity contribution in [2.24, 2.45) is 7.05 Å². The number of thiol groups is 1. The van der Waals surface area contributed by atoms with Crippen molar-refractivity contribution < 1.29 is 0 Å². The Kier molecular flexibility index (Phi) is 3.30. The zero-order valence-electron chi connectivity index (χ0n) is 10.9.